The quantitative estimate of drug-likeness (QED) is 0.502. The van der Waals surface area contributed by atoms with Gasteiger partial charge >= 0.3 is 0 Å². The summed E-state index contributed by atoms with van der Waals surface area (Å²) in [5, 5.41) is 21.1. The highest BCUT2D eigenvalue weighted by atomic mass is 16.3. The van der Waals surface area contributed by atoms with Crippen molar-refractivity contribution in [2.45, 2.75) is 38.8 Å². The lowest BCUT2D eigenvalue weighted by Crippen LogP contribution is -2.44. The third kappa shape index (κ3) is 5.18. The number of hydrogen-bond donors (Lipinski definition) is 3. The molecule has 0 aromatic carbocycles. The van der Waals surface area contributed by atoms with Crippen molar-refractivity contribution >= 4 is 0 Å². The second-order valence-electron chi connectivity index (χ2n) is 3.41. The number of aliphatic hydroxyl groups is 2. The molecule has 68 valence electrons. The Kier molecular flexibility index (Phi) is 4.65. The van der Waals surface area contributed by atoms with Gasteiger partial charge in [-0.3, -0.25) is 0 Å². The summed E-state index contributed by atoms with van der Waals surface area (Å²) in [6.07, 6.45) is 0.737. The molecule has 3 nitrogen and oxygen atoms in total. The lowest BCUT2D eigenvalue weighted by Gasteiger charge is -2.26. The van der Waals surface area contributed by atoms with Crippen LogP contribution in [0.2, 0.25) is 0 Å². The van der Waals surface area contributed by atoms with E-state index in [0.717, 1.165) is 13.0 Å². The number of aliphatic hydroxyl groups excluding tert-OH is 1. The topological polar surface area (TPSA) is 52.5 Å². The molecule has 0 rings (SSSR count). The van der Waals surface area contributed by atoms with E-state index in [-0.39, 0.29) is 12.6 Å². The summed E-state index contributed by atoms with van der Waals surface area (Å²) >= 11 is 0. The summed E-state index contributed by atoms with van der Waals surface area (Å²) in [6.45, 7) is 6.41. The lowest BCUT2D eigenvalue weighted by molar-refractivity contribution is 0.0439. The molecule has 1 atom stereocenters. The van der Waals surface area contributed by atoms with Crippen LogP contribution in [0.15, 0.2) is 0 Å². The predicted molar refractivity (Wildman–Crippen MR) is 45.5 cm³/mol. The Bertz CT molecular complexity index is 98.8. The van der Waals surface area contributed by atoms with Gasteiger partial charge in [-0.25, -0.2) is 0 Å². The van der Waals surface area contributed by atoms with Crippen LogP contribution < -0.4 is 5.32 Å². The molecule has 0 fully saturated rings. The molecule has 0 aromatic rings. The summed E-state index contributed by atoms with van der Waals surface area (Å²) in [4.78, 5) is 0. The van der Waals surface area contributed by atoms with E-state index in [4.69, 9.17) is 5.11 Å². The first-order chi connectivity index (χ1) is 4.98. The van der Waals surface area contributed by atoms with Crippen molar-refractivity contribution in [2.75, 3.05) is 13.2 Å². The zero-order chi connectivity index (χ0) is 8.91. The van der Waals surface area contributed by atoms with Gasteiger partial charge in [-0.2, -0.15) is 0 Å². The Morgan fingerprint density at radius 1 is 1.45 bits per heavy atom. The van der Waals surface area contributed by atoms with E-state index in [1.165, 1.54) is 0 Å². The maximum Gasteiger partial charge on any atom is 0.0741 e. The van der Waals surface area contributed by atoms with E-state index < -0.39 is 5.60 Å². The maximum atomic E-state index is 9.46. The molecule has 0 amide bonds. The third-order valence-electron chi connectivity index (χ3n) is 1.85. The molecule has 0 bridgehead atoms. The largest absolute Gasteiger partial charge is 0.396 e. The van der Waals surface area contributed by atoms with E-state index in [1.54, 1.807) is 13.8 Å². The highest BCUT2D eigenvalue weighted by Crippen LogP contribution is 2.06. The Morgan fingerprint density at radius 2 is 2.00 bits per heavy atom. The van der Waals surface area contributed by atoms with Crippen molar-refractivity contribution in [3.8, 4) is 0 Å². The first-order valence-electron chi connectivity index (χ1n) is 4.05. The zero-order valence-corrected chi connectivity index (χ0v) is 7.59. The molecule has 0 saturated carbocycles. The van der Waals surface area contributed by atoms with Crippen LogP contribution in [0.25, 0.3) is 0 Å². The van der Waals surface area contributed by atoms with Crippen molar-refractivity contribution in [2.24, 2.45) is 0 Å². The van der Waals surface area contributed by atoms with Crippen LogP contribution in [0.3, 0.4) is 0 Å². The van der Waals surface area contributed by atoms with Gasteiger partial charge in [0.25, 0.3) is 0 Å². The number of hydrogen-bond acceptors (Lipinski definition) is 3. The molecule has 11 heavy (non-hydrogen) atoms. The van der Waals surface area contributed by atoms with E-state index in [0.29, 0.717) is 0 Å². The molecule has 0 spiro atoms. The van der Waals surface area contributed by atoms with Gasteiger partial charge in [0.1, 0.15) is 0 Å². The van der Waals surface area contributed by atoms with Crippen LogP contribution in [-0.4, -0.2) is 35.0 Å². The number of rotatable bonds is 5. The average Bonchev–Trinajstić information content (AvgIpc) is 1.86. The SMILES string of the molecule is CC(NCCCO)C(C)(C)O. The molecule has 0 aliphatic heterocycles. The molecule has 1 unspecified atom stereocenters. The van der Waals surface area contributed by atoms with Gasteiger partial charge in [-0.05, 0) is 33.7 Å². The maximum absolute atomic E-state index is 9.46. The first-order valence-corrected chi connectivity index (χ1v) is 4.05. The van der Waals surface area contributed by atoms with Crippen molar-refractivity contribution in [3.05, 3.63) is 0 Å². The van der Waals surface area contributed by atoms with E-state index in [2.05, 4.69) is 5.32 Å². The van der Waals surface area contributed by atoms with Gasteiger partial charge in [0.05, 0.1) is 5.60 Å². The summed E-state index contributed by atoms with van der Waals surface area (Å²) < 4.78 is 0. The molecule has 0 radical (unpaired) electrons. The Morgan fingerprint density at radius 3 is 2.36 bits per heavy atom. The first kappa shape index (κ1) is 10.9. The number of nitrogens with one attached hydrogen (secondary N) is 1. The predicted octanol–water partition coefficient (Wildman–Crippen LogP) is 0.118. The van der Waals surface area contributed by atoms with Crippen LogP contribution >= 0.6 is 0 Å². The average molecular weight is 161 g/mol. The summed E-state index contributed by atoms with van der Waals surface area (Å²) in [5.74, 6) is 0. The molecule has 0 saturated heterocycles. The zero-order valence-electron chi connectivity index (χ0n) is 7.59. The van der Waals surface area contributed by atoms with E-state index >= 15 is 0 Å². The molecular formula is C8H19NO2. The highest BCUT2D eigenvalue weighted by Gasteiger charge is 2.20. The summed E-state index contributed by atoms with van der Waals surface area (Å²) in [5.41, 5.74) is -0.685. The normalized spacial score (nSPS) is 15.0. The molecule has 3 N–H and O–H groups in total. The Labute approximate surface area is 68.4 Å². The Hall–Kier alpha value is -0.120. The van der Waals surface area contributed by atoms with Gasteiger partial charge in [0, 0.05) is 12.6 Å². The minimum absolute atomic E-state index is 0.0639. The molecule has 0 aliphatic carbocycles. The van der Waals surface area contributed by atoms with Crippen LogP contribution in [0.4, 0.5) is 0 Å². The fourth-order valence-electron chi connectivity index (χ4n) is 0.647. The van der Waals surface area contributed by atoms with Crippen LogP contribution in [0.5, 0.6) is 0 Å². The van der Waals surface area contributed by atoms with Crippen LogP contribution in [-0.2, 0) is 0 Å². The minimum atomic E-state index is -0.685. The van der Waals surface area contributed by atoms with Crippen molar-refractivity contribution < 1.29 is 10.2 Å². The third-order valence-corrected chi connectivity index (χ3v) is 1.85. The fourth-order valence-corrected chi connectivity index (χ4v) is 0.647. The van der Waals surface area contributed by atoms with Gasteiger partial charge in [-0.1, -0.05) is 0 Å². The van der Waals surface area contributed by atoms with Crippen LogP contribution in [0, 0.1) is 0 Å². The highest BCUT2D eigenvalue weighted by molar-refractivity contribution is 4.78. The lowest BCUT2D eigenvalue weighted by atomic mass is 10.0. The smallest absolute Gasteiger partial charge is 0.0741 e. The van der Waals surface area contributed by atoms with Gasteiger partial charge in [-0.15, -0.1) is 0 Å². The standard InChI is InChI=1S/C8H19NO2/c1-7(8(2,3)11)9-5-4-6-10/h7,9-11H,4-6H2,1-3H3. The van der Waals surface area contributed by atoms with Crippen molar-refractivity contribution in [1.29, 1.82) is 0 Å². The summed E-state index contributed by atoms with van der Waals surface area (Å²) in [7, 11) is 0. The summed E-state index contributed by atoms with van der Waals surface area (Å²) in [6, 6.07) is 0.0639. The molecule has 0 heterocycles. The Balaban J connectivity index is 3.44. The van der Waals surface area contributed by atoms with Crippen molar-refractivity contribution in [1.82, 2.24) is 5.32 Å². The minimum Gasteiger partial charge on any atom is -0.396 e. The van der Waals surface area contributed by atoms with Gasteiger partial charge in [0.2, 0.25) is 0 Å². The molecular weight excluding hydrogens is 142 g/mol. The van der Waals surface area contributed by atoms with Gasteiger partial charge < -0.3 is 15.5 Å². The second kappa shape index (κ2) is 4.70. The van der Waals surface area contributed by atoms with E-state index in [1.807, 2.05) is 6.92 Å². The fraction of sp³-hybridized carbons (Fsp3) is 1.00. The van der Waals surface area contributed by atoms with E-state index in [9.17, 15) is 5.11 Å². The molecule has 0 aliphatic rings. The second-order valence-corrected chi connectivity index (χ2v) is 3.41. The van der Waals surface area contributed by atoms with Crippen molar-refractivity contribution in [3.63, 3.8) is 0 Å². The molecule has 0 aromatic heterocycles. The molecule has 3 heteroatoms. The van der Waals surface area contributed by atoms with Gasteiger partial charge in [0.15, 0.2) is 0 Å². The monoisotopic (exact) mass is 161 g/mol. The van der Waals surface area contributed by atoms with Crippen LogP contribution in [0.1, 0.15) is 27.2 Å².